The van der Waals surface area contributed by atoms with Crippen LogP contribution in [0.5, 0.6) is 0 Å². The molecule has 1 aromatic heterocycles. The molecule has 4 heteroatoms. The number of rotatable bonds is 4. The van der Waals surface area contributed by atoms with E-state index in [1.54, 1.807) is 6.92 Å². The Bertz CT molecular complexity index is 476. The fourth-order valence-corrected chi connectivity index (χ4v) is 1.62. The highest BCUT2D eigenvalue weighted by Crippen LogP contribution is 2.13. The Hall–Kier alpha value is -1.68. The van der Waals surface area contributed by atoms with Gasteiger partial charge in [0.15, 0.2) is 0 Å². The molecule has 2 aromatic rings. The van der Waals surface area contributed by atoms with E-state index < -0.39 is 0 Å². The Morgan fingerprint density at radius 1 is 1.18 bits per heavy atom. The van der Waals surface area contributed by atoms with Crippen LogP contribution in [0.1, 0.15) is 35.9 Å². The molecule has 0 aliphatic heterocycles. The molecule has 1 unspecified atom stereocenters. The summed E-state index contributed by atoms with van der Waals surface area (Å²) < 4.78 is 5.30. The van der Waals surface area contributed by atoms with Crippen LogP contribution in [0, 0.1) is 13.8 Å². The monoisotopic (exact) mass is 231 g/mol. The third-order valence-corrected chi connectivity index (χ3v) is 2.70. The number of benzene rings is 1. The smallest absolute Gasteiger partial charge is 0.230 e. The van der Waals surface area contributed by atoms with Crippen molar-refractivity contribution < 1.29 is 4.42 Å². The summed E-state index contributed by atoms with van der Waals surface area (Å²) in [5.74, 6) is 1.23. The first-order valence-electron chi connectivity index (χ1n) is 5.74. The zero-order valence-electron chi connectivity index (χ0n) is 10.4. The Morgan fingerprint density at radius 3 is 2.47 bits per heavy atom. The molecule has 0 aliphatic rings. The van der Waals surface area contributed by atoms with Crippen LogP contribution in [0.25, 0.3) is 0 Å². The molecule has 2 rings (SSSR count). The van der Waals surface area contributed by atoms with Gasteiger partial charge in [-0.2, -0.15) is 0 Å². The van der Waals surface area contributed by atoms with Gasteiger partial charge in [0.2, 0.25) is 11.8 Å². The molecule has 0 radical (unpaired) electrons. The van der Waals surface area contributed by atoms with Gasteiger partial charge >= 0.3 is 0 Å². The van der Waals surface area contributed by atoms with E-state index in [4.69, 9.17) is 4.42 Å². The van der Waals surface area contributed by atoms with Gasteiger partial charge in [-0.1, -0.05) is 29.8 Å². The van der Waals surface area contributed by atoms with E-state index in [0.717, 1.165) is 0 Å². The molecule has 0 saturated heterocycles. The third kappa shape index (κ3) is 3.14. The lowest BCUT2D eigenvalue weighted by Crippen LogP contribution is -2.18. The maximum absolute atomic E-state index is 5.30. The maximum Gasteiger partial charge on any atom is 0.230 e. The lowest BCUT2D eigenvalue weighted by Gasteiger charge is -2.12. The van der Waals surface area contributed by atoms with Crippen molar-refractivity contribution in [1.29, 1.82) is 0 Å². The summed E-state index contributed by atoms with van der Waals surface area (Å²) in [4.78, 5) is 0. The second-order valence-corrected chi connectivity index (χ2v) is 4.23. The van der Waals surface area contributed by atoms with E-state index in [-0.39, 0.29) is 6.04 Å². The van der Waals surface area contributed by atoms with Crippen molar-refractivity contribution in [2.45, 2.75) is 33.4 Å². The number of aromatic nitrogens is 2. The zero-order chi connectivity index (χ0) is 12.3. The van der Waals surface area contributed by atoms with Crippen molar-refractivity contribution >= 4 is 0 Å². The van der Waals surface area contributed by atoms with E-state index >= 15 is 0 Å². The standard InChI is InChI=1S/C13H17N3O/c1-9-4-6-12(7-5-9)10(2)14-8-13-16-15-11(3)17-13/h4-7,10,14H,8H2,1-3H3. The Morgan fingerprint density at radius 2 is 1.88 bits per heavy atom. The molecule has 1 atom stereocenters. The second-order valence-electron chi connectivity index (χ2n) is 4.23. The summed E-state index contributed by atoms with van der Waals surface area (Å²) in [5, 5.41) is 11.1. The molecule has 1 heterocycles. The Kier molecular flexibility index (Phi) is 3.54. The fourth-order valence-electron chi connectivity index (χ4n) is 1.62. The van der Waals surface area contributed by atoms with E-state index in [1.165, 1.54) is 11.1 Å². The van der Waals surface area contributed by atoms with Crippen LogP contribution < -0.4 is 5.32 Å². The Labute approximate surface area is 101 Å². The van der Waals surface area contributed by atoms with Gasteiger partial charge in [-0.3, -0.25) is 0 Å². The van der Waals surface area contributed by atoms with Crippen molar-refractivity contribution in [3.05, 3.63) is 47.2 Å². The molecule has 1 aromatic carbocycles. The van der Waals surface area contributed by atoms with Gasteiger partial charge in [0.05, 0.1) is 6.54 Å². The summed E-state index contributed by atoms with van der Waals surface area (Å²) in [6.07, 6.45) is 0. The van der Waals surface area contributed by atoms with E-state index in [2.05, 4.69) is 53.6 Å². The largest absolute Gasteiger partial charge is 0.424 e. The molecule has 0 amide bonds. The average molecular weight is 231 g/mol. The van der Waals surface area contributed by atoms with Crippen LogP contribution in [-0.4, -0.2) is 10.2 Å². The summed E-state index contributed by atoms with van der Waals surface area (Å²) in [6, 6.07) is 8.76. The number of hydrogen-bond acceptors (Lipinski definition) is 4. The molecule has 0 spiro atoms. The average Bonchev–Trinajstić information content (AvgIpc) is 2.73. The summed E-state index contributed by atoms with van der Waals surface area (Å²) in [5.41, 5.74) is 2.53. The van der Waals surface area contributed by atoms with Gasteiger partial charge in [-0.05, 0) is 19.4 Å². The van der Waals surface area contributed by atoms with Crippen molar-refractivity contribution in [2.24, 2.45) is 0 Å². The molecule has 4 nitrogen and oxygen atoms in total. The lowest BCUT2D eigenvalue weighted by molar-refractivity contribution is 0.430. The summed E-state index contributed by atoms with van der Waals surface area (Å²) in [6.45, 7) is 6.59. The number of nitrogens with one attached hydrogen (secondary N) is 1. The first-order chi connectivity index (χ1) is 8.15. The van der Waals surface area contributed by atoms with Crippen LogP contribution in [0.15, 0.2) is 28.7 Å². The molecular formula is C13H17N3O. The third-order valence-electron chi connectivity index (χ3n) is 2.70. The van der Waals surface area contributed by atoms with E-state index in [9.17, 15) is 0 Å². The van der Waals surface area contributed by atoms with Gasteiger partial charge in [-0.25, -0.2) is 0 Å². The van der Waals surface area contributed by atoms with Crippen molar-refractivity contribution in [1.82, 2.24) is 15.5 Å². The van der Waals surface area contributed by atoms with Gasteiger partial charge < -0.3 is 9.73 Å². The van der Waals surface area contributed by atoms with Gasteiger partial charge in [0.25, 0.3) is 0 Å². The Balaban J connectivity index is 1.93. The minimum Gasteiger partial charge on any atom is -0.424 e. The molecular weight excluding hydrogens is 214 g/mol. The van der Waals surface area contributed by atoms with Gasteiger partial charge in [-0.15, -0.1) is 10.2 Å². The summed E-state index contributed by atoms with van der Waals surface area (Å²) >= 11 is 0. The fraction of sp³-hybridized carbons (Fsp3) is 0.385. The maximum atomic E-state index is 5.30. The highest BCUT2D eigenvalue weighted by molar-refractivity contribution is 5.23. The van der Waals surface area contributed by atoms with Gasteiger partial charge in [0.1, 0.15) is 0 Å². The number of nitrogens with zero attached hydrogens (tertiary/aromatic N) is 2. The van der Waals surface area contributed by atoms with Gasteiger partial charge in [0, 0.05) is 13.0 Å². The quantitative estimate of drug-likeness (QED) is 0.878. The highest BCUT2D eigenvalue weighted by atomic mass is 16.4. The molecule has 0 bridgehead atoms. The van der Waals surface area contributed by atoms with E-state index in [1.807, 2.05) is 0 Å². The van der Waals surface area contributed by atoms with Crippen LogP contribution >= 0.6 is 0 Å². The summed E-state index contributed by atoms with van der Waals surface area (Å²) in [7, 11) is 0. The SMILES string of the molecule is Cc1ccc(C(C)NCc2nnc(C)o2)cc1. The predicted molar refractivity (Wildman–Crippen MR) is 65.5 cm³/mol. The number of aryl methyl sites for hydroxylation is 2. The van der Waals surface area contributed by atoms with Crippen LogP contribution in [-0.2, 0) is 6.54 Å². The molecule has 0 saturated carbocycles. The molecule has 17 heavy (non-hydrogen) atoms. The highest BCUT2D eigenvalue weighted by Gasteiger charge is 2.07. The van der Waals surface area contributed by atoms with Crippen LogP contribution in [0.3, 0.4) is 0 Å². The first kappa shape index (κ1) is 11.8. The zero-order valence-corrected chi connectivity index (χ0v) is 10.4. The predicted octanol–water partition coefficient (Wildman–Crippen LogP) is 2.54. The number of hydrogen-bond donors (Lipinski definition) is 1. The molecule has 0 fully saturated rings. The lowest BCUT2D eigenvalue weighted by atomic mass is 10.1. The molecule has 90 valence electrons. The topological polar surface area (TPSA) is 51.0 Å². The van der Waals surface area contributed by atoms with Crippen LogP contribution in [0.4, 0.5) is 0 Å². The second kappa shape index (κ2) is 5.10. The minimum atomic E-state index is 0.266. The molecule has 0 aliphatic carbocycles. The first-order valence-corrected chi connectivity index (χ1v) is 5.74. The van der Waals surface area contributed by atoms with Crippen LogP contribution in [0.2, 0.25) is 0 Å². The molecule has 1 N–H and O–H groups in total. The van der Waals surface area contributed by atoms with Crippen molar-refractivity contribution in [3.8, 4) is 0 Å². The van der Waals surface area contributed by atoms with Crippen molar-refractivity contribution in [2.75, 3.05) is 0 Å². The van der Waals surface area contributed by atoms with E-state index in [0.29, 0.717) is 18.3 Å². The minimum absolute atomic E-state index is 0.266. The normalized spacial score (nSPS) is 12.6. The van der Waals surface area contributed by atoms with Crippen molar-refractivity contribution in [3.63, 3.8) is 0 Å².